The van der Waals surface area contributed by atoms with E-state index in [-0.39, 0.29) is 17.9 Å². The van der Waals surface area contributed by atoms with E-state index in [1.807, 2.05) is 0 Å². The van der Waals surface area contributed by atoms with Gasteiger partial charge in [-0.1, -0.05) is 0 Å². The molecule has 2 aliphatic rings. The van der Waals surface area contributed by atoms with Crippen molar-refractivity contribution in [2.75, 3.05) is 6.54 Å². The van der Waals surface area contributed by atoms with Crippen LogP contribution < -0.4 is 10.3 Å². The molecule has 2 amide bonds. The van der Waals surface area contributed by atoms with Gasteiger partial charge in [0.1, 0.15) is 24.0 Å². The minimum absolute atomic E-state index is 0.0114. The third-order valence-electron chi connectivity index (χ3n) is 3.48. The van der Waals surface area contributed by atoms with Gasteiger partial charge in [0, 0.05) is 13.0 Å². The van der Waals surface area contributed by atoms with Gasteiger partial charge in [-0.15, -0.1) is 0 Å². The number of hydrogen-bond acceptors (Lipinski definition) is 2. The second-order valence-electron chi connectivity index (χ2n) is 4.58. The summed E-state index contributed by atoms with van der Waals surface area (Å²) >= 11 is 0. The lowest BCUT2D eigenvalue weighted by Crippen LogP contribution is -2.61. The average Bonchev–Trinajstić information content (AvgIpc) is 2.96. The summed E-state index contributed by atoms with van der Waals surface area (Å²) in [6.45, 7) is 0.713. The minimum atomic E-state index is -0.427. The smallest absolute Gasteiger partial charge is 0.246 e. The Hall–Kier alpha value is -1.85. The average molecular weight is 235 g/mol. The molecule has 6 nitrogen and oxygen atoms in total. The Morgan fingerprint density at radius 1 is 1.47 bits per heavy atom. The number of piperazine rings is 1. The van der Waals surface area contributed by atoms with Gasteiger partial charge in [-0.3, -0.25) is 14.6 Å². The van der Waals surface area contributed by atoms with Crippen molar-refractivity contribution in [1.29, 1.82) is 0 Å². The second-order valence-corrected chi connectivity index (χ2v) is 4.58. The maximum Gasteiger partial charge on any atom is 0.246 e. The quantitative estimate of drug-likeness (QED) is 0.679. The molecule has 0 aromatic carbocycles. The molecule has 3 rings (SSSR count). The second kappa shape index (κ2) is 3.87. The van der Waals surface area contributed by atoms with E-state index >= 15 is 0 Å². The van der Waals surface area contributed by atoms with Crippen LogP contribution >= 0.6 is 0 Å². The van der Waals surface area contributed by atoms with Gasteiger partial charge < -0.3 is 10.2 Å². The van der Waals surface area contributed by atoms with Gasteiger partial charge in [0.15, 0.2) is 0 Å². The first-order valence-corrected chi connectivity index (χ1v) is 5.90. The van der Waals surface area contributed by atoms with Crippen LogP contribution in [-0.4, -0.2) is 40.3 Å². The first kappa shape index (κ1) is 10.3. The molecule has 2 fully saturated rings. The Morgan fingerprint density at radius 2 is 2.35 bits per heavy atom. The predicted octanol–water partition coefficient (Wildman–Crippen LogP) is -1.14. The highest BCUT2D eigenvalue weighted by molar-refractivity contribution is 5.97. The van der Waals surface area contributed by atoms with Crippen LogP contribution in [0.5, 0.6) is 0 Å². The number of aromatic amines is 2. The monoisotopic (exact) mass is 235 g/mol. The fraction of sp³-hybridized carbons (Fsp3) is 0.545. The normalized spacial score (nSPS) is 28.1. The van der Waals surface area contributed by atoms with E-state index in [0.717, 1.165) is 18.5 Å². The van der Waals surface area contributed by atoms with Gasteiger partial charge in [-0.25, -0.2) is 4.98 Å². The number of hydrogen-bond donors (Lipinski definition) is 2. The number of nitrogens with zero attached hydrogens (tertiary/aromatic N) is 1. The molecule has 3 heterocycles. The highest BCUT2D eigenvalue weighted by atomic mass is 16.2. The summed E-state index contributed by atoms with van der Waals surface area (Å²) in [6.07, 6.45) is 5.73. The van der Waals surface area contributed by atoms with Crippen LogP contribution in [0, 0.1) is 0 Å². The number of H-pyrrole nitrogens is 2. The summed E-state index contributed by atoms with van der Waals surface area (Å²) in [5.41, 5.74) is 0.918. The number of amides is 2. The van der Waals surface area contributed by atoms with Gasteiger partial charge in [0.2, 0.25) is 18.1 Å². The molecule has 17 heavy (non-hydrogen) atoms. The fourth-order valence-electron chi connectivity index (χ4n) is 2.63. The van der Waals surface area contributed by atoms with Crippen LogP contribution in [0.25, 0.3) is 0 Å². The first-order chi connectivity index (χ1) is 8.25. The molecule has 0 saturated carbocycles. The standard InChI is InChI=1S/C11H14N4O2/c16-10-9-2-1-3-15(9)11(17)8(14-10)4-7-5-12-6-13-7/h5-6,8-9H,1-4H2,(H,12,13)(H,14,16)/p+1. The van der Waals surface area contributed by atoms with E-state index in [2.05, 4.69) is 15.3 Å². The van der Waals surface area contributed by atoms with Crippen molar-refractivity contribution < 1.29 is 14.6 Å². The maximum absolute atomic E-state index is 12.2. The summed E-state index contributed by atoms with van der Waals surface area (Å²) < 4.78 is 0. The Morgan fingerprint density at radius 3 is 3.12 bits per heavy atom. The maximum atomic E-state index is 12.2. The molecule has 3 N–H and O–H groups in total. The highest BCUT2D eigenvalue weighted by Gasteiger charge is 2.43. The Labute approximate surface area is 98.4 Å². The molecule has 1 aromatic rings. The lowest BCUT2D eigenvalue weighted by atomic mass is 10.0. The third kappa shape index (κ3) is 1.69. The molecule has 1 aromatic heterocycles. The molecule has 0 radical (unpaired) electrons. The Kier molecular flexibility index (Phi) is 2.35. The van der Waals surface area contributed by atoms with Crippen LogP contribution in [0.1, 0.15) is 18.5 Å². The summed E-state index contributed by atoms with van der Waals surface area (Å²) in [5, 5.41) is 2.81. The van der Waals surface area contributed by atoms with Crippen molar-refractivity contribution in [3.63, 3.8) is 0 Å². The van der Waals surface area contributed by atoms with Crippen molar-refractivity contribution in [3.05, 3.63) is 18.2 Å². The molecule has 2 saturated heterocycles. The van der Waals surface area contributed by atoms with Crippen LogP contribution in [0.4, 0.5) is 0 Å². The molecular formula is C11H15N4O2+. The zero-order chi connectivity index (χ0) is 11.8. The molecule has 0 bridgehead atoms. The van der Waals surface area contributed by atoms with Gasteiger partial charge >= 0.3 is 0 Å². The number of aromatic nitrogens is 2. The molecule has 2 atom stereocenters. The number of carbonyl (C=O) groups is 2. The topological polar surface area (TPSA) is 79.3 Å². The van der Waals surface area contributed by atoms with Crippen LogP contribution in [0.15, 0.2) is 12.5 Å². The molecule has 90 valence electrons. The van der Waals surface area contributed by atoms with E-state index in [4.69, 9.17) is 0 Å². The highest BCUT2D eigenvalue weighted by Crippen LogP contribution is 2.22. The van der Waals surface area contributed by atoms with Crippen molar-refractivity contribution in [3.8, 4) is 0 Å². The molecule has 0 spiro atoms. The Balaban J connectivity index is 1.77. The van der Waals surface area contributed by atoms with Gasteiger partial charge in [-0.05, 0) is 12.8 Å². The first-order valence-electron chi connectivity index (χ1n) is 5.90. The summed E-state index contributed by atoms with van der Waals surface area (Å²) in [5.74, 6) is 0.0318. The van der Waals surface area contributed by atoms with Gasteiger partial charge in [-0.2, -0.15) is 0 Å². The van der Waals surface area contributed by atoms with Crippen molar-refractivity contribution in [1.82, 2.24) is 15.2 Å². The summed E-state index contributed by atoms with van der Waals surface area (Å²) in [4.78, 5) is 31.6. The minimum Gasteiger partial charge on any atom is -0.342 e. The molecule has 0 aliphatic carbocycles. The molecule has 6 heteroatoms. The number of fused-ring (bicyclic) bond motifs is 1. The lowest BCUT2D eigenvalue weighted by Gasteiger charge is -2.34. The third-order valence-corrected chi connectivity index (χ3v) is 3.48. The van der Waals surface area contributed by atoms with Crippen LogP contribution in [0.3, 0.4) is 0 Å². The number of carbonyl (C=O) groups excluding carboxylic acids is 2. The van der Waals surface area contributed by atoms with Gasteiger partial charge in [0.25, 0.3) is 0 Å². The van der Waals surface area contributed by atoms with E-state index in [0.29, 0.717) is 13.0 Å². The predicted molar refractivity (Wildman–Crippen MR) is 57.7 cm³/mol. The summed E-state index contributed by atoms with van der Waals surface area (Å²) in [6, 6.07) is -0.655. The van der Waals surface area contributed by atoms with Crippen LogP contribution in [-0.2, 0) is 16.0 Å². The molecular weight excluding hydrogens is 220 g/mol. The zero-order valence-electron chi connectivity index (χ0n) is 9.40. The van der Waals surface area contributed by atoms with Gasteiger partial charge in [0.05, 0.1) is 0 Å². The lowest BCUT2D eigenvalue weighted by molar-refractivity contribution is -0.376. The number of nitrogens with one attached hydrogen (secondary N) is 3. The number of rotatable bonds is 2. The summed E-state index contributed by atoms with van der Waals surface area (Å²) in [7, 11) is 0. The van der Waals surface area contributed by atoms with Crippen molar-refractivity contribution in [2.45, 2.75) is 31.3 Å². The Bertz CT molecular complexity index is 442. The van der Waals surface area contributed by atoms with E-state index in [9.17, 15) is 9.59 Å². The largest absolute Gasteiger partial charge is 0.342 e. The van der Waals surface area contributed by atoms with E-state index in [1.54, 1.807) is 17.4 Å². The van der Waals surface area contributed by atoms with E-state index < -0.39 is 6.04 Å². The molecule has 2 unspecified atom stereocenters. The van der Waals surface area contributed by atoms with Crippen molar-refractivity contribution >= 4 is 11.8 Å². The number of imidazole rings is 1. The molecule has 2 aliphatic heterocycles. The zero-order valence-corrected chi connectivity index (χ0v) is 9.40. The van der Waals surface area contributed by atoms with Crippen LogP contribution in [0.2, 0.25) is 0 Å². The SMILES string of the molecule is O=C1NC(Cc2c[nH+]c[nH]2)C(=O)N2CCCC12. The van der Waals surface area contributed by atoms with E-state index in [1.165, 1.54) is 0 Å². The van der Waals surface area contributed by atoms with Crippen molar-refractivity contribution in [2.24, 2.45) is 0 Å². The fourth-order valence-corrected chi connectivity index (χ4v) is 2.63.